The van der Waals surface area contributed by atoms with Crippen LogP contribution in [-0.4, -0.2) is 12.4 Å². The van der Waals surface area contributed by atoms with Crippen molar-refractivity contribution < 1.29 is 9.47 Å². The number of hydrogen-bond donors (Lipinski definition) is 0. The largest absolute Gasteiger partial charge is 0.466 e. The molecule has 2 heteroatoms. The van der Waals surface area contributed by atoms with Gasteiger partial charge in [-0.3, -0.25) is 0 Å². The van der Waals surface area contributed by atoms with Crippen molar-refractivity contribution in [1.29, 1.82) is 0 Å². The molecule has 0 N–H and O–H groups in total. The van der Waals surface area contributed by atoms with Gasteiger partial charge in [-0.1, -0.05) is 13.8 Å². The van der Waals surface area contributed by atoms with Crippen LogP contribution in [0.1, 0.15) is 48.0 Å². The summed E-state index contributed by atoms with van der Waals surface area (Å²) in [4.78, 5) is 0. The average molecular weight is 198 g/mol. The molecule has 0 radical (unpaired) electrons. The molecule has 14 heavy (non-hydrogen) atoms. The van der Waals surface area contributed by atoms with Gasteiger partial charge < -0.3 is 9.47 Å². The fraction of sp³-hybridized carbons (Fsp3) is 0.833. The van der Waals surface area contributed by atoms with E-state index in [2.05, 4.69) is 27.7 Å². The summed E-state index contributed by atoms with van der Waals surface area (Å²) in [5, 5.41) is 0. The van der Waals surface area contributed by atoms with E-state index in [0.717, 1.165) is 12.2 Å². The van der Waals surface area contributed by atoms with Crippen molar-refractivity contribution in [2.45, 2.75) is 53.8 Å². The van der Waals surface area contributed by atoms with Crippen LogP contribution in [0, 0.1) is 5.41 Å². The molecular formula is C12H22O2. The minimum absolute atomic E-state index is 0.0512. The Morgan fingerprint density at radius 1 is 1.36 bits per heavy atom. The first-order valence-corrected chi connectivity index (χ1v) is 5.32. The smallest absolute Gasteiger partial charge is 0.212 e. The second-order valence-electron chi connectivity index (χ2n) is 4.96. The van der Waals surface area contributed by atoms with Gasteiger partial charge in [0.05, 0.1) is 5.76 Å². The average Bonchev–Trinajstić information content (AvgIpc) is 2.24. The standard InChI is InChI=1S/C12H22O2/c1-7-13-12(6)11(4,5)8-10(14-12)9(2)3/h7-8H2,1-6H3. The molecular weight excluding hydrogens is 176 g/mol. The van der Waals surface area contributed by atoms with Crippen molar-refractivity contribution in [1.82, 2.24) is 0 Å². The third-order valence-electron chi connectivity index (χ3n) is 3.13. The van der Waals surface area contributed by atoms with Gasteiger partial charge in [0, 0.05) is 25.4 Å². The van der Waals surface area contributed by atoms with Crippen LogP contribution < -0.4 is 0 Å². The van der Waals surface area contributed by atoms with Crippen LogP contribution in [0.25, 0.3) is 0 Å². The molecule has 1 atom stereocenters. The molecule has 0 aromatic heterocycles. The highest BCUT2D eigenvalue weighted by Crippen LogP contribution is 2.49. The Kier molecular flexibility index (Phi) is 2.96. The van der Waals surface area contributed by atoms with Gasteiger partial charge in [-0.2, -0.15) is 0 Å². The summed E-state index contributed by atoms with van der Waals surface area (Å²) >= 11 is 0. The van der Waals surface area contributed by atoms with E-state index >= 15 is 0 Å². The minimum atomic E-state index is -0.464. The lowest BCUT2D eigenvalue weighted by molar-refractivity contribution is -0.227. The molecule has 0 aromatic rings. The maximum atomic E-state index is 5.92. The molecule has 0 spiro atoms. The van der Waals surface area contributed by atoms with E-state index < -0.39 is 5.79 Å². The highest BCUT2D eigenvalue weighted by atomic mass is 16.7. The zero-order valence-electron chi connectivity index (χ0n) is 10.2. The zero-order valence-corrected chi connectivity index (χ0v) is 10.2. The fourth-order valence-corrected chi connectivity index (χ4v) is 1.75. The molecule has 0 aliphatic carbocycles. The first-order valence-electron chi connectivity index (χ1n) is 5.32. The van der Waals surface area contributed by atoms with Crippen LogP contribution in [-0.2, 0) is 9.47 Å². The Hall–Kier alpha value is -0.500. The molecule has 1 saturated heterocycles. The summed E-state index contributed by atoms with van der Waals surface area (Å²) in [5.41, 5.74) is 1.30. The molecule has 0 bridgehead atoms. The van der Waals surface area contributed by atoms with Gasteiger partial charge in [-0.15, -0.1) is 0 Å². The van der Waals surface area contributed by atoms with Crippen LogP contribution in [0.2, 0.25) is 0 Å². The molecule has 0 saturated carbocycles. The molecule has 2 nitrogen and oxygen atoms in total. The van der Waals surface area contributed by atoms with E-state index in [1.165, 1.54) is 5.57 Å². The van der Waals surface area contributed by atoms with Gasteiger partial charge in [-0.05, 0) is 26.3 Å². The van der Waals surface area contributed by atoms with Crippen molar-refractivity contribution in [2.24, 2.45) is 5.41 Å². The van der Waals surface area contributed by atoms with Crippen molar-refractivity contribution >= 4 is 0 Å². The lowest BCUT2D eigenvalue weighted by atomic mass is 9.82. The van der Waals surface area contributed by atoms with Gasteiger partial charge in [0.1, 0.15) is 0 Å². The van der Waals surface area contributed by atoms with Crippen LogP contribution in [0.15, 0.2) is 11.3 Å². The summed E-state index contributed by atoms with van der Waals surface area (Å²) in [5.74, 6) is 0.625. The Morgan fingerprint density at radius 3 is 2.29 bits per heavy atom. The second kappa shape index (κ2) is 3.58. The Bertz CT molecular complexity index is 249. The lowest BCUT2D eigenvalue weighted by Crippen LogP contribution is -2.41. The fourth-order valence-electron chi connectivity index (χ4n) is 1.75. The molecule has 1 unspecified atom stereocenters. The quantitative estimate of drug-likeness (QED) is 0.676. The third-order valence-corrected chi connectivity index (χ3v) is 3.13. The highest BCUT2D eigenvalue weighted by Gasteiger charge is 2.51. The first kappa shape index (κ1) is 11.6. The van der Waals surface area contributed by atoms with Crippen LogP contribution >= 0.6 is 0 Å². The maximum Gasteiger partial charge on any atom is 0.212 e. The van der Waals surface area contributed by atoms with E-state index in [-0.39, 0.29) is 5.41 Å². The van der Waals surface area contributed by atoms with Crippen molar-refractivity contribution in [2.75, 3.05) is 6.61 Å². The molecule has 1 aliphatic rings. The molecule has 1 aliphatic heterocycles. The van der Waals surface area contributed by atoms with Crippen LogP contribution in [0.3, 0.4) is 0 Å². The Balaban J connectivity index is 2.94. The van der Waals surface area contributed by atoms with Gasteiger partial charge >= 0.3 is 0 Å². The SMILES string of the molecule is CCOC1(C)OC(=C(C)C)CC1(C)C. The van der Waals surface area contributed by atoms with Crippen LogP contribution in [0.5, 0.6) is 0 Å². The monoisotopic (exact) mass is 198 g/mol. The predicted molar refractivity (Wildman–Crippen MR) is 57.9 cm³/mol. The summed E-state index contributed by atoms with van der Waals surface area (Å²) in [7, 11) is 0. The summed E-state index contributed by atoms with van der Waals surface area (Å²) in [6, 6.07) is 0. The maximum absolute atomic E-state index is 5.92. The Morgan fingerprint density at radius 2 is 1.93 bits per heavy atom. The first-order chi connectivity index (χ1) is 6.32. The molecule has 1 fully saturated rings. The number of ether oxygens (including phenoxy) is 2. The van der Waals surface area contributed by atoms with Gasteiger partial charge in [0.15, 0.2) is 0 Å². The molecule has 82 valence electrons. The topological polar surface area (TPSA) is 18.5 Å². The number of hydrogen-bond acceptors (Lipinski definition) is 2. The van der Waals surface area contributed by atoms with E-state index in [9.17, 15) is 0 Å². The van der Waals surface area contributed by atoms with E-state index in [1.54, 1.807) is 0 Å². The predicted octanol–water partition coefficient (Wildman–Crippen LogP) is 3.48. The number of allylic oxidation sites excluding steroid dienone is 2. The molecule has 1 rings (SSSR count). The van der Waals surface area contributed by atoms with Gasteiger partial charge in [0.25, 0.3) is 0 Å². The summed E-state index contributed by atoms with van der Waals surface area (Å²) < 4.78 is 11.7. The van der Waals surface area contributed by atoms with Gasteiger partial charge in [0.2, 0.25) is 5.79 Å². The van der Waals surface area contributed by atoms with Crippen molar-refractivity contribution in [3.05, 3.63) is 11.3 Å². The minimum Gasteiger partial charge on any atom is -0.466 e. The molecule has 1 heterocycles. The van der Waals surface area contributed by atoms with E-state index in [1.807, 2.05) is 13.8 Å². The van der Waals surface area contributed by atoms with Crippen molar-refractivity contribution in [3.63, 3.8) is 0 Å². The highest BCUT2D eigenvalue weighted by molar-refractivity contribution is 5.13. The summed E-state index contributed by atoms with van der Waals surface area (Å²) in [6.07, 6.45) is 0.964. The third kappa shape index (κ3) is 1.81. The van der Waals surface area contributed by atoms with E-state index in [4.69, 9.17) is 9.47 Å². The molecule has 0 aromatic carbocycles. The molecule has 0 amide bonds. The van der Waals surface area contributed by atoms with E-state index in [0.29, 0.717) is 6.61 Å². The second-order valence-corrected chi connectivity index (χ2v) is 4.96. The van der Waals surface area contributed by atoms with Crippen LogP contribution in [0.4, 0.5) is 0 Å². The van der Waals surface area contributed by atoms with Gasteiger partial charge in [-0.25, -0.2) is 0 Å². The van der Waals surface area contributed by atoms with Crippen molar-refractivity contribution in [3.8, 4) is 0 Å². The normalized spacial score (nSPS) is 30.3. The number of rotatable bonds is 2. The summed E-state index contributed by atoms with van der Waals surface area (Å²) in [6.45, 7) is 13.3. The zero-order chi connectivity index (χ0) is 11.0. The lowest BCUT2D eigenvalue weighted by Gasteiger charge is -2.35. The Labute approximate surface area is 87.3 Å².